The maximum atomic E-state index is 12.3. The number of hydrogen-bond donors (Lipinski definition) is 2. The Bertz CT molecular complexity index is 475. The van der Waals surface area contributed by atoms with Crippen molar-refractivity contribution in [2.75, 3.05) is 25.9 Å². The number of carbonyl (C=O) groups excluding carboxylic acids is 1. The monoisotopic (exact) mass is 262 g/mol. The number of nitrogens with two attached hydrogens (primary N) is 1. The minimum absolute atomic E-state index is 0.0706. The summed E-state index contributed by atoms with van der Waals surface area (Å²) in [5.41, 5.74) is 7.51. The molecule has 0 radical (unpaired) electrons. The average molecular weight is 262 g/mol. The normalized spacial score (nSPS) is 24.2. The van der Waals surface area contributed by atoms with Crippen LogP contribution in [0, 0.1) is 12.8 Å². The molecule has 1 aromatic rings. The number of piperidine rings is 1. The topological polar surface area (TPSA) is 71.2 Å². The van der Waals surface area contributed by atoms with Crippen LogP contribution in [0.2, 0.25) is 0 Å². The van der Waals surface area contributed by atoms with Gasteiger partial charge >= 0.3 is 0 Å². The Morgan fingerprint density at radius 3 is 3.00 bits per heavy atom. The van der Waals surface area contributed by atoms with Crippen LogP contribution < -0.4 is 11.1 Å². The van der Waals surface area contributed by atoms with Crippen LogP contribution in [0.15, 0.2) is 12.3 Å². The van der Waals surface area contributed by atoms with Crippen LogP contribution in [-0.2, 0) is 0 Å². The molecule has 1 amide bonds. The molecule has 104 valence electrons. The van der Waals surface area contributed by atoms with Gasteiger partial charge in [0.15, 0.2) is 0 Å². The molecular weight excluding hydrogens is 240 g/mol. The first kappa shape index (κ1) is 13.8. The second kappa shape index (κ2) is 5.57. The third kappa shape index (κ3) is 3.23. The Balaban J connectivity index is 2.06. The van der Waals surface area contributed by atoms with Crippen molar-refractivity contribution >= 4 is 11.6 Å². The van der Waals surface area contributed by atoms with E-state index in [2.05, 4.69) is 29.2 Å². The molecule has 0 aliphatic carbocycles. The quantitative estimate of drug-likeness (QED) is 0.835. The highest BCUT2D eigenvalue weighted by molar-refractivity contribution is 5.96. The maximum absolute atomic E-state index is 12.3. The van der Waals surface area contributed by atoms with Gasteiger partial charge in [0.05, 0.1) is 23.1 Å². The van der Waals surface area contributed by atoms with Gasteiger partial charge in [0.1, 0.15) is 0 Å². The van der Waals surface area contributed by atoms with E-state index >= 15 is 0 Å². The Kier molecular flexibility index (Phi) is 4.04. The predicted octanol–water partition coefficient (Wildman–Crippen LogP) is 1.04. The Labute approximate surface area is 114 Å². The molecule has 2 rings (SSSR count). The number of amides is 1. The molecule has 2 unspecified atom stereocenters. The summed E-state index contributed by atoms with van der Waals surface area (Å²) in [6.45, 7) is 6.03. The molecule has 2 atom stereocenters. The summed E-state index contributed by atoms with van der Waals surface area (Å²) in [5.74, 6) is 0.385. The van der Waals surface area contributed by atoms with Crippen LogP contribution in [-0.4, -0.2) is 42.0 Å². The largest absolute Gasteiger partial charge is 0.397 e. The number of carbonyl (C=O) groups is 1. The highest BCUT2D eigenvalue weighted by Crippen LogP contribution is 2.17. The summed E-state index contributed by atoms with van der Waals surface area (Å²) < 4.78 is 0. The van der Waals surface area contributed by atoms with E-state index in [1.807, 2.05) is 6.92 Å². The van der Waals surface area contributed by atoms with Gasteiger partial charge < -0.3 is 16.0 Å². The zero-order valence-electron chi connectivity index (χ0n) is 11.8. The van der Waals surface area contributed by atoms with E-state index in [0.29, 0.717) is 22.9 Å². The molecule has 3 N–H and O–H groups in total. The minimum Gasteiger partial charge on any atom is -0.397 e. The highest BCUT2D eigenvalue weighted by atomic mass is 16.1. The van der Waals surface area contributed by atoms with Crippen molar-refractivity contribution in [2.45, 2.75) is 26.3 Å². The van der Waals surface area contributed by atoms with Gasteiger partial charge in [0, 0.05) is 12.6 Å². The fraction of sp³-hybridized carbons (Fsp3) is 0.571. The molecule has 0 bridgehead atoms. The SMILES string of the molecule is Cc1ncc(N)cc1C(=O)NC1CCN(C)CC1C. The minimum atomic E-state index is -0.0706. The lowest BCUT2D eigenvalue weighted by Gasteiger charge is -2.35. The number of aromatic nitrogens is 1. The summed E-state index contributed by atoms with van der Waals surface area (Å²) in [4.78, 5) is 18.7. The van der Waals surface area contributed by atoms with Crippen LogP contribution in [0.3, 0.4) is 0 Å². The highest BCUT2D eigenvalue weighted by Gasteiger charge is 2.26. The molecule has 2 heterocycles. The molecule has 0 spiro atoms. The van der Waals surface area contributed by atoms with Gasteiger partial charge in [-0.25, -0.2) is 0 Å². The Morgan fingerprint density at radius 1 is 1.58 bits per heavy atom. The van der Waals surface area contributed by atoms with E-state index in [4.69, 9.17) is 5.73 Å². The van der Waals surface area contributed by atoms with Gasteiger partial charge in [-0.05, 0) is 38.9 Å². The van der Waals surface area contributed by atoms with Crippen LogP contribution >= 0.6 is 0 Å². The number of nitrogens with zero attached hydrogens (tertiary/aromatic N) is 2. The van der Waals surface area contributed by atoms with Gasteiger partial charge in [0.25, 0.3) is 5.91 Å². The number of pyridine rings is 1. The number of aryl methyl sites for hydroxylation is 1. The third-order valence-electron chi connectivity index (χ3n) is 3.78. The Hall–Kier alpha value is -1.62. The molecule has 0 saturated carbocycles. The summed E-state index contributed by atoms with van der Waals surface area (Å²) in [6, 6.07) is 1.92. The van der Waals surface area contributed by atoms with E-state index in [1.165, 1.54) is 0 Å². The first-order chi connectivity index (χ1) is 8.97. The van der Waals surface area contributed by atoms with Crippen molar-refractivity contribution in [3.05, 3.63) is 23.5 Å². The standard InChI is InChI=1S/C14H22N4O/c1-9-8-18(3)5-4-13(9)17-14(19)12-6-11(15)7-16-10(12)2/h6-7,9,13H,4-5,8,15H2,1-3H3,(H,17,19). The number of likely N-dealkylation sites (tertiary alicyclic amines) is 1. The first-order valence-corrected chi connectivity index (χ1v) is 6.69. The van der Waals surface area contributed by atoms with Gasteiger partial charge in [0.2, 0.25) is 0 Å². The van der Waals surface area contributed by atoms with Crippen LogP contribution in [0.25, 0.3) is 0 Å². The van der Waals surface area contributed by atoms with Crippen molar-refractivity contribution in [2.24, 2.45) is 5.92 Å². The first-order valence-electron chi connectivity index (χ1n) is 6.69. The van der Waals surface area contributed by atoms with E-state index in [1.54, 1.807) is 12.3 Å². The van der Waals surface area contributed by atoms with E-state index in [-0.39, 0.29) is 11.9 Å². The second-order valence-corrected chi connectivity index (χ2v) is 5.51. The van der Waals surface area contributed by atoms with Crippen LogP contribution in [0.5, 0.6) is 0 Å². The number of hydrogen-bond acceptors (Lipinski definition) is 4. The van der Waals surface area contributed by atoms with Crippen LogP contribution in [0.1, 0.15) is 29.4 Å². The molecule has 1 fully saturated rings. The molecule has 1 aliphatic rings. The van der Waals surface area contributed by atoms with E-state index < -0.39 is 0 Å². The van der Waals surface area contributed by atoms with Crippen molar-refractivity contribution < 1.29 is 4.79 Å². The molecule has 1 aliphatic heterocycles. The average Bonchev–Trinajstić information content (AvgIpc) is 2.35. The molecule has 5 heteroatoms. The fourth-order valence-electron chi connectivity index (χ4n) is 2.59. The Morgan fingerprint density at radius 2 is 2.32 bits per heavy atom. The van der Waals surface area contributed by atoms with Crippen molar-refractivity contribution in [3.8, 4) is 0 Å². The number of anilines is 1. The zero-order chi connectivity index (χ0) is 14.0. The summed E-state index contributed by atoms with van der Waals surface area (Å²) in [7, 11) is 2.11. The fourth-order valence-corrected chi connectivity index (χ4v) is 2.59. The molecule has 19 heavy (non-hydrogen) atoms. The van der Waals surface area contributed by atoms with Crippen LogP contribution in [0.4, 0.5) is 5.69 Å². The van der Waals surface area contributed by atoms with E-state index in [9.17, 15) is 4.79 Å². The molecule has 1 saturated heterocycles. The van der Waals surface area contributed by atoms with Crippen molar-refractivity contribution in [1.82, 2.24) is 15.2 Å². The summed E-state index contributed by atoms with van der Waals surface area (Å²) in [5, 5.41) is 3.11. The lowest BCUT2D eigenvalue weighted by atomic mass is 9.94. The molecule has 1 aromatic heterocycles. The predicted molar refractivity (Wildman–Crippen MR) is 75.9 cm³/mol. The molecular formula is C14H22N4O. The zero-order valence-corrected chi connectivity index (χ0v) is 11.8. The maximum Gasteiger partial charge on any atom is 0.253 e. The molecule has 0 aromatic carbocycles. The van der Waals surface area contributed by atoms with Gasteiger partial charge in [-0.1, -0.05) is 6.92 Å². The summed E-state index contributed by atoms with van der Waals surface area (Å²) >= 11 is 0. The number of nitrogen functional groups attached to an aromatic ring is 1. The summed E-state index contributed by atoms with van der Waals surface area (Å²) in [6.07, 6.45) is 2.56. The van der Waals surface area contributed by atoms with Gasteiger partial charge in [-0.2, -0.15) is 0 Å². The smallest absolute Gasteiger partial charge is 0.253 e. The third-order valence-corrected chi connectivity index (χ3v) is 3.78. The number of nitrogens with one attached hydrogen (secondary N) is 1. The van der Waals surface area contributed by atoms with Gasteiger partial charge in [-0.15, -0.1) is 0 Å². The van der Waals surface area contributed by atoms with Crippen molar-refractivity contribution in [1.29, 1.82) is 0 Å². The van der Waals surface area contributed by atoms with Crippen molar-refractivity contribution in [3.63, 3.8) is 0 Å². The number of rotatable bonds is 2. The lowest BCUT2D eigenvalue weighted by Crippen LogP contribution is -2.49. The second-order valence-electron chi connectivity index (χ2n) is 5.51. The molecule has 5 nitrogen and oxygen atoms in total. The van der Waals surface area contributed by atoms with E-state index in [0.717, 1.165) is 19.5 Å². The lowest BCUT2D eigenvalue weighted by molar-refractivity contribution is 0.0883. The van der Waals surface area contributed by atoms with Gasteiger partial charge in [-0.3, -0.25) is 9.78 Å².